The van der Waals surface area contributed by atoms with Crippen LogP contribution in [0.25, 0.3) is 11.1 Å². The summed E-state index contributed by atoms with van der Waals surface area (Å²) in [6, 6.07) is 12.6. The summed E-state index contributed by atoms with van der Waals surface area (Å²) < 4.78 is 42.8. The SMILES string of the molecule is CN1CCCN(S(=O)(=O)c2ccc(-c3ccc(CC(C#N)NC(=O)C4NC5CCC4C5)c(F)c3)cc2)CC1. The number of carbonyl (C=O) groups excluding carboxylic acids is 1. The van der Waals surface area contributed by atoms with E-state index in [0.717, 1.165) is 32.2 Å². The van der Waals surface area contributed by atoms with E-state index in [4.69, 9.17) is 0 Å². The maximum absolute atomic E-state index is 15.0. The molecule has 4 unspecified atom stereocenters. The number of rotatable bonds is 7. The Hall–Kier alpha value is -2.84. The molecule has 1 amide bonds. The molecule has 3 fully saturated rings. The van der Waals surface area contributed by atoms with Crippen molar-refractivity contribution in [3.05, 3.63) is 53.8 Å². The molecule has 202 valence electrons. The van der Waals surface area contributed by atoms with Gasteiger partial charge in [-0.25, -0.2) is 12.8 Å². The number of nitrogens with zero attached hydrogens (tertiary/aromatic N) is 3. The first kappa shape index (κ1) is 26.8. The number of sulfonamides is 1. The van der Waals surface area contributed by atoms with Gasteiger partial charge in [0.05, 0.1) is 17.0 Å². The van der Waals surface area contributed by atoms with Crippen molar-refractivity contribution in [3.63, 3.8) is 0 Å². The smallest absolute Gasteiger partial charge is 0.243 e. The summed E-state index contributed by atoms with van der Waals surface area (Å²) in [7, 11) is -1.61. The van der Waals surface area contributed by atoms with Gasteiger partial charge in [0.25, 0.3) is 0 Å². The summed E-state index contributed by atoms with van der Waals surface area (Å²) in [5.74, 6) is -0.355. The molecule has 2 N–H and O–H groups in total. The Labute approximate surface area is 223 Å². The van der Waals surface area contributed by atoms with E-state index in [0.29, 0.717) is 48.3 Å². The second kappa shape index (κ2) is 11.1. The molecule has 4 atom stereocenters. The third-order valence-corrected chi connectivity index (χ3v) is 10.0. The van der Waals surface area contributed by atoms with E-state index in [1.54, 1.807) is 36.4 Å². The van der Waals surface area contributed by atoms with E-state index in [9.17, 15) is 18.5 Å². The van der Waals surface area contributed by atoms with Gasteiger partial charge in [-0.1, -0.05) is 24.3 Å². The van der Waals surface area contributed by atoms with Crippen LogP contribution in [-0.2, 0) is 21.2 Å². The zero-order chi connectivity index (χ0) is 26.9. The van der Waals surface area contributed by atoms with Gasteiger partial charge < -0.3 is 15.5 Å². The lowest BCUT2D eigenvalue weighted by molar-refractivity contribution is -0.124. The average molecular weight is 540 g/mol. The van der Waals surface area contributed by atoms with Crippen LogP contribution in [0.4, 0.5) is 4.39 Å². The summed E-state index contributed by atoms with van der Waals surface area (Å²) in [5.41, 5.74) is 1.64. The van der Waals surface area contributed by atoms with E-state index in [1.165, 1.54) is 10.4 Å². The van der Waals surface area contributed by atoms with Crippen molar-refractivity contribution in [3.8, 4) is 17.2 Å². The summed E-state index contributed by atoms with van der Waals surface area (Å²) >= 11 is 0. The molecule has 3 aliphatic rings. The highest BCUT2D eigenvalue weighted by Crippen LogP contribution is 2.35. The van der Waals surface area contributed by atoms with Gasteiger partial charge in [-0.05, 0) is 80.1 Å². The molecule has 8 nitrogen and oxygen atoms in total. The molecule has 0 spiro atoms. The van der Waals surface area contributed by atoms with Gasteiger partial charge in [-0.2, -0.15) is 9.57 Å². The Balaban J connectivity index is 1.24. The summed E-state index contributed by atoms with van der Waals surface area (Å²) in [4.78, 5) is 15.0. The number of nitriles is 1. The molecule has 2 aliphatic heterocycles. The molecule has 2 saturated heterocycles. The summed E-state index contributed by atoms with van der Waals surface area (Å²) in [5, 5.41) is 15.7. The number of amides is 1. The molecule has 38 heavy (non-hydrogen) atoms. The van der Waals surface area contributed by atoms with Crippen molar-refractivity contribution in [2.75, 3.05) is 33.2 Å². The van der Waals surface area contributed by atoms with Crippen LogP contribution >= 0.6 is 0 Å². The highest BCUT2D eigenvalue weighted by molar-refractivity contribution is 7.89. The molecule has 5 rings (SSSR count). The van der Waals surface area contributed by atoms with E-state index in [2.05, 4.69) is 21.6 Å². The van der Waals surface area contributed by atoms with Crippen molar-refractivity contribution >= 4 is 15.9 Å². The second-order valence-electron chi connectivity index (χ2n) is 10.7. The van der Waals surface area contributed by atoms with Crippen LogP contribution in [0.2, 0.25) is 0 Å². The van der Waals surface area contributed by atoms with Gasteiger partial charge in [0.1, 0.15) is 11.9 Å². The van der Waals surface area contributed by atoms with Crippen LogP contribution in [0.3, 0.4) is 0 Å². The standard InChI is InChI=1S/C28H34FN5O3S/c1-33-11-2-12-34(14-13-33)38(36,37)25-9-6-19(7-10-25)20-3-4-21(26(29)17-20)15-24(18-30)32-28(35)27-22-5-8-23(16-22)31-27/h3-4,6-7,9-10,17,22-24,27,31H,2,5,8,11-16H2,1H3,(H,32,35). The van der Waals surface area contributed by atoms with Gasteiger partial charge in [0, 0.05) is 32.1 Å². The molecular weight excluding hydrogens is 505 g/mol. The summed E-state index contributed by atoms with van der Waals surface area (Å²) in [6.45, 7) is 2.50. The zero-order valence-corrected chi connectivity index (χ0v) is 22.4. The fourth-order valence-corrected chi connectivity index (χ4v) is 7.35. The van der Waals surface area contributed by atoms with E-state index in [-0.39, 0.29) is 23.3 Å². The molecule has 2 aromatic carbocycles. The minimum absolute atomic E-state index is 0.0668. The zero-order valence-electron chi connectivity index (χ0n) is 21.6. The third kappa shape index (κ3) is 5.61. The van der Waals surface area contributed by atoms with Crippen LogP contribution in [-0.4, -0.2) is 74.9 Å². The Bertz CT molecular complexity index is 1330. The Morgan fingerprint density at radius 1 is 1.13 bits per heavy atom. The number of benzene rings is 2. The number of hydrogen-bond donors (Lipinski definition) is 2. The number of hydrogen-bond acceptors (Lipinski definition) is 6. The number of nitrogens with one attached hydrogen (secondary N) is 2. The van der Waals surface area contributed by atoms with Crippen LogP contribution < -0.4 is 10.6 Å². The highest BCUT2D eigenvalue weighted by Gasteiger charge is 2.43. The van der Waals surface area contributed by atoms with Crippen molar-refractivity contribution in [2.24, 2.45) is 5.92 Å². The van der Waals surface area contributed by atoms with Gasteiger partial charge in [0.2, 0.25) is 15.9 Å². The third-order valence-electron chi connectivity index (χ3n) is 8.10. The largest absolute Gasteiger partial charge is 0.339 e. The van der Waals surface area contributed by atoms with Crippen molar-refractivity contribution in [2.45, 2.75) is 55.1 Å². The molecule has 2 heterocycles. The average Bonchev–Trinajstić information content (AvgIpc) is 3.48. The van der Waals surface area contributed by atoms with Crippen LogP contribution in [0.1, 0.15) is 31.2 Å². The van der Waals surface area contributed by atoms with E-state index in [1.807, 2.05) is 7.05 Å². The van der Waals surface area contributed by atoms with Gasteiger partial charge in [-0.15, -0.1) is 0 Å². The van der Waals surface area contributed by atoms with Crippen LogP contribution in [0, 0.1) is 23.1 Å². The highest BCUT2D eigenvalue weighted by atomic mass is 32.2. The Kier molecular flexibility index (Phi) is 7.82. The van der Waals surface area contributed by atoms with Crippen LogP contribution in [0.15, 0.2) is 47.4 Å². The fraction of sp³-hybridized carbons (Fsp3) is 0.500. The number of fused-ring (bicyclic) bond motifs is 2. The molecule has 0 radical (unpaired) electrons. The molecule has 1 saturated carbocycles. The first-order valence-corrected chi connectivity index (χ1v) is 14.7. The maximum Gasteiger partial charge on any atom is 0.243 e. The second-order valence-corrected chi connectivity index (χ2v) is 12.6. The predicted molar refractivity (Wildman–Crippen MR) is 142 cm³/mol. The Morgan fingerprint density at radius 3 is 2.55 bits per heavy atom. The molecule has 0 aromatic heterocycles. The molecule has 2 aromatic rings. The minimum atomic E-state index is -3.60. The molecule has 10 heteroatoms. The van der Waals surface area contributed by atoms with E-state index < -0.39 is 21.9 Å². The van der Waals surface area contributed by atoms with Crippen molar-refractivity contribution in [1.29, 1.82) is 5.26 Å². The Morgan fingerprint density at radius 2 is 1.89 bits per heavy atom. The lowest BCUT2D eigenvalue weighted by Gasteiger charge is -2.23. The minimum Gasteiger partial charge on any atom is -0.339 e. The van der Waals surface area contributed by atoms with Crippen molar-refractivity contribution < 1.29 is 17.6 Å². The molecular formula is C28H34FN5O3S. The number of halogens is 1. The number of carbonyl (C=O) groups is 1. The normalized spacial score (nSPS) is 25.0. The quantitative estimate of drug-likeness (QED) is 0.560. The molecule has 1 aliphatic carbocycles. The van der Waals surface area contributed by atoms with Crippen molar-refractivity contribution in [1.82, 2.24) is 19.8 Å². The number of piperidine rings is 1. The predicted octanol–water partition coefficient (Wildman–Crippen LogP) is 2.51. The van der Waals surface area contributed by atoms with E-state index >= 15 is 4.39 Å². The topological polar surface area (TPSA) is 106 Å². The van der Waals surface area contributed by atoms with Gasteiger partial charge in [0.15, 0.2) is 0 Å². The monoisotopic (exact) mass is 539 g/mol. The molecule has 2 bridgehead atoms. The summed E-state index contributed by atoms with van der Waals surface area (Å²) in [6.07, 6.45) is 3.95. The van der Waals surface area contributed by atoms with Crippen LogP contribution in [0.5, 0.6) is 0 Å². The first-order valence-electron chi connectivity index (χ1n) is 13.3. The first-order chi connectivity index (χ1) is 18.2. The lowest BCUT2D eigenvalue weighted by Crippen LogP contribution is -2.50. The van der Waals surface area contributed by atoms with Gasteiger partial charge in [-0.3, -0.25) is 4.79 Å². The fourth-order valence-electron chi connectivity index (χ4n) is 5.88. The van der Waals surface area contributed by atoms with Gasteiger partial charge >= 0.3 is 0 Å². The lowest BCUT2D eigenvalue weighted by atomic mass is 9.98. The number of likely N-dealkylation sites (N-methyl/N-ethyl adjacent to an activating group) is 1. The maximum atomic E-state index is 15.0.